The number of halogens is 1. The molecule has 4 heteroatoms. The molecule has 3 nitrogen and oxygen atoms in total. The van der Waals surface area contributed by atoms with Crippen LogP contribution in [0, 0.1) is 11.8 Å². The topological polar surface area (TPSA) is 37.4 Å². The summed E-state index contributed by atoms with van der Waals surface area (Å²) in [5, 5.41) is 0. The lowest BCUT2D eigenvalue weighted by Crippen LogP contribution is -2.51. The summed E-state index contributed by atoms with van der Waals surface area (Å²) >= 11 is 3.47. The number of nitrogens with zero attached hydrogens (tertiary/aromatic N) is 1. The maximum absolute atomic E-state index is 13.8. The number of anilines is 1. The zero-order chi connectivity index (χ0) is 19.9. The molecule has 0 radical (unpaired) electrons. The quantitative estimate of drug-likeness (QED) is 0.495. The van der Waals surface area contributed by atoms with Gasteiger partial charge in [0.1, 0.15) is 0 Å². The van der Waals surface area contributed by atoms with Gasteiger partial charge in [-0.05, 0) is 40.5 Å². The average Bonchev–Trinajstić information content (AvgIpc) is 3.00. The van der Waals surface area contributed by atoms with E-state index >= 15 is 0 Å². The van der Waals surface area contributed by atoms with Crippen molar-refractivity contribution in [2.24, 2.45) is 11.8 Å². The van der Waals surface area contributed by atoms with Crippen molar-refractivity contribution in [3.63, 3.8) is 0 Å². The highest BCUT2D eigenvalue weighted by molar-refractivity contribution is 9.10. The van der Waals surface area contributed by atoms with Crippen molar-refractivity contribution in [1.29, 1.82) is 0 Å². The van der Waals surface area contributed by atoms with E-state index in [9.17, 15) is 9.59 Å². The predicted octanol–water partition coefficient (Wildman–Crippen LogP) is 5.02. The number of carbonyl (C=O) groups is 2. The van der Waals surface area contributed by atoms with E-state index in [1.807, 2.05) is 48.5 Å². The first-order valence-corrected chi connectivity index (χ1v) is 10.6. The molecule has 0 unspecified atom stereocenters. The van der Waals surface area contributed by atoms with Crippen LogP contribution in [0.15, 0.2) is 77.3 Å². The van der Waals surface area contributed by atoms with Gasteiger partial charge in [0.25, 0.3) is 0 Å². The van der Waals surface area contributed by atoms with Crippen LogP contribution in [0.4, 0.5) is 5.69 Å². The molecule has 3 aliphatic carbocycles. The van der Waals surface area contributed by atoms with Crippen molar-refractivity contribution in [3.8, 4) is 0 Å². The minimum atomic E-state index is -0.514. The van der Waals surface area contributed by atoms with Crippen molar-refractivity contribution >= 4 is 33.4 Å². The monoisotopic (exact) mass is 443 g/mol. The van der Waals surface area contributed by atoms with Crippen molar-refractivity contribution in [3.05, 3.63) is 99.5 Å². The molecule has 0 spiro atoms. The molecule has 2 bridgehead atoms. The summed E-state index contributed by atoms with van der Waals surface area (Å²) in [6.07, 6.45) is 0. The molecule has 3 aromatic rings. The lowest BCUT2D eigenvalue weighted by molar-refractivity contribution is -0.123. The van der Waals surface area contributed by atoms with Gasteiger partial charge in [0, 0.05) is 15.8 Å². The molecule has 3 aromatic carbocycles. The second kappa shape index (κ2) is 5.67. The van der Waals surface area contributed by atoms with Crippen molar-refractivity contribution in [2.45, 2.75) is 18.3 Å². The van der Waals surface area contributed by atoms with Crippen LogP contribution in [0.2, 0.25) is 0 Å². The van der Waals surface area contributed by atoms with Crippen LogP contribution in [-0.4, -0.2) is 11.8 Å². The molecule has 7 rings (SSSR count). The van der Waals surface area contributed by atoms with Crippen LogP contribution in [0.25, 0.3) is 0 Å². The minimum absolute atomic E-state index is 0.0807. The van der Waals surface area contributed by atoms with Gasteiger partial charge in [0.2, 0.25) is 11.8 Å². The fourth-order valence-corrected chi connectivity index (χ4v) is 6.41. The molecule has 0 saturated carbocycles. The van der Waals surface area contributed by atoms with Crippen LogP contribution < -0.4 is 4.90 Å². The Morgan fingerprint density at radius 1 is 0.828 bits per heavy atom. The van der Waals surface area contributed by atoms with E-state index in [1.54, 1.807) is 0 Å². The Balaban J connectivity index is 1.63. The van der Waals surface area contributed by atoms with Crippen molar-refractivity contribution < 1.29 is 9.59 Å². The van der Waals surface area contributed by atoms with Crippen LogP contribution in [0.1, 0.15) is 35.1 Å². The second-order valence-corrected chi connectivity index (χ2v) is 9.27. The van der Waals surface area contributed by atoms with Gasteiger partial charge >= 0.3 is 0 Å². The summed E-state index contributed by atoms with van der Waals surface area (Å²) < 4.78 is 0.853. The summed E-state index contributed by atoms with van der Waals surface area (Å²) in [5.74, 6) is -1.00. The van der Waals surface area contributed by atoms with E-state index in [0.29, 0.717) is 5.69 Å². The number of imide groups is 1. The van der Waals surface area contributed by atoms with Crippen LogP contribution in [0.5, 0.6) is 0 Å². The Morgan fingerprint density at radius 2 is 1.45 bits per heavy atom. The van der Waals surface area contributed by atoms with Crippen molar-refractivity contribution in [1.82, 2.24) is 0 Å². The zero-order valence-electron chi connectivity index (χ0n) is 15.8. The van der Waals surface area contributed by atoms with E-state index in [-0.39, 0.29) is 29.6 Å². The van der Waals surface area contributed by atoms with Gasteiger partial charge < -0.3 is 0 Å². The van der Waals surface area contributed by atoms with Gasteiger partial charge in [-0.2, -0.15) is 0 Å². The van der Waals surface area contributed by atoms with E-state index in [0.717, 1.165) is 4.47 Å². The summed E-state index contributed by atoms with van der Waals surface area (Å²) in [6.45, 7) is 2.15. The summed E-state index contributed by atoms with van der Waals surface area (Å²) in [7, 11) is 0. The number of rotatable bonds is 1. The third-order valence-electron chi connectivity index (χ3n) is 7.11. The van der Waals surface area contributed by atoms with Crippen molar-refractivity contribution in [2.75, 3.05) is 4.90 Å². The van der Waals surface area contributed by atoms with E-state index in [1.165, 1.54) is 27.2 Å². The fraction of sp³-hybridized carbons (Fsp3) is 0.200. The largest absolute Gasteiger partial charge is 0.274 e. The molecular formula is C25H18BrNO2. The smallest absolute Gasteiger partial charge is 0.238 e. The molecule has 29 heavy (non-hydrogen) atoms. The van der Waals surface area contributed by atoms with Gasteiger partial charge in [-0.15, -0.1) is 0 Å². The van der Waals surface area contributed by atoms with E-state index in [4.69, 9.17) is 0 Å². The molecule has 142 valence electrons. The summed E-state index contributed by atoms with van der Waals surface area (Å²) in [6, 6.07) is 24.1. The number of carbonyl (C=O) groups excluding carboxylic acids is 2. The Labute approximate surface area is 177 Å². The minimum Gasteiger partial charge on any atom is -0.274 e. The summed E-state index contributed by atoms with van der Waals surface area (Å²) in [4.78, 5) is 28.9. The lowest BCUT2D eigenvalue weighted by atomic mass is 9.48. The Hall–Kier alpha value is -2.72. The molecule has 4 aliphatic rings. The molecule has 1 heterocycles. The number of hydrogen-bond donors (Lipinski definition) is 0. The Bertz CT molecular complexity index is 1170. The maximum atomic E-state index is 13.8. The number of amides is 2. The third-order valence-corrected chi connectivity index (χ3v) is 7.60. The standard InChI is InChI=1S/C25H18BrNO2/c1-25-18-11-4-2-9-16(18)20(17-10-3-5-12-19(17)25)21-22(25)24(29)27(23(21)28)15-8-6-7-14(26)13-15/h2-13,20-22H,1H3/t20?,21-,22+,25?/m1/s1. The molecule has 1 aliphatic heterocycles. The first-order valence-electron chi connectivity index (χ1n) is 9.85. The Morgan fingerprint density at radius 3 is 2.07 bits per heavy atom. The summed E-state index contributed by atoms with van der Waals surface area (Å²) in [5.41, 5.74) is 4.86. The maximum Gasteiger partial charge on any atom is 0.238 e. The normalized spacial score (nSPS) is 28.9. The first-order chi connectivity index (χ1) is 14.0. The van der Waals surface area contributed by atoms with Crippen LogP contribution in [0.3, 0.4) is 0 Å². The van der Waals surface area contributed by atoms with Gasteiger partial charge in [0.05, 0.1) is 17.5 Å². The molecular weight excluding hydrogens is 426 g/mol. The molecule has 0 N–H and O–H groups in total. The average molecular weight is 444 g/mol. The third kappa shape index (κ3) is 1.98. The molecule has 0 aromatic heterocycles. The molecule has 2 amide bonds. The number of benzene rings is 3. The van der Waals surface area contributed by atoms with Gasteiger partial charge in [-0.3, -0.25) is 9.59 Å². The highest BCUT2D eigenvalue weighted by atomic mass is 79.9. The second-order valence-electron chi connectivity index (χ2n) is 8.35. The molecule has 2 atom stereocenters. The molecule has 1 fully saturated rings. The highest BCUT2D eigenvalue weighted by Crippen LogP contribution is 2.64. The highest BCUT2D eigenvalue weighted by Gasteiger charge is 2.66. The zero-order valence-corrected chi connectivity index (χ0v) is 17.4. The van der Waals surface area contributed by atoms with Crippen LogP contribution in [-0.2, 0) is 15.0 Å². The van der Waals surface area contributed by atoms with Gasteiger partial charge in [-0.1, -0.05) is 77.5 Å². The van der Waals surface area contributed by atoms with Crippen LogP contribution >= 0.6 is 15.9 Å². The SMILES string of the molecule is CC12c3ccccc3C(c3ccccc31)[C@H]1C(=O)N(c3cccc(Br)c3)C(=O)[C@H]12. The fourth-order valence-electron chi connectivity index (χ4n) is 6.02. The van der Waals surface area contributed by atoms with E-state index in [2.05, 4.69) is 47.1 Å². The molecule has 1 saturated heterocycles. The van der Waals surface area contributed by atoms with Gasteiger partial charge in [-0.25, -0.2) is 4.90 Å². The lowest BCUT2D eigenvalue weighted by Gasteiger charge is -2.52. The van der Waals surface area contributed by atoms with E-state index < -0.39 is 5.41 Å². The Kier molecular flexibility index (Phi) is 3.35. The first kappa shape index (κ1) is 17.2. The predicted molar refractivity (Wildman–Crippen MR) is 115 cm³/mol. The number of hydrogen-bond acceptors (Lipinski definition) is 2. The van der Waals surface area contributed by atoms with Gasteiger partial charge in [0.15, 0.2) is 0 Å².